The Balaban J connectivity index is 1.98. The number of aliphatic carboxylic acids is 1. The SMILES string of the molecule is O=C(N[C@@H](C/C=C/c1ccccc1)C(=O)O)c1ccc(Cl)cc1. The summed E-state index contributed by atoms with van der Waals surface area (Å²) in [4.78, 5) is 23.4. The number of benzene rings is 2. The van der Waals surface area contributed by atoms with E-state index in [1.165, 1.54) is 0 Å². The normalized spacial score (nSPS) is 12.0. The zero-order valence-electron chi connectivity index (χ0n) is 12.3. The van der Waals surface area contributed by atoms with Crippen LogP contribution in [-0.2, 0) is 4.79 Å². The molecule has 0 aliphatic rings. The molecule has 0 aromatic heterocycles. The second-order valence-corrected chi connectivity index (χ2v) is 5.36. The molecule has 0 fully saturated rings. The molecular weight excluding hydrogens is 314 g/mol. The van der Waals surface area contributed by atoms with Crippen molar-refractivity contribution in [2.75, 3.05) is 0 Å². The molecule has 0 saturated heterocycles. The molecule has 0 heterocycles. The van der Waals surface area contributed by atoms with Gasteiger partial charge in [-0.3, -0.25) is 4.79 Å². The van der Waals surface area contributed by atoms with Gasteiger partial charge in [0.25, 0.3) is 5.91 Å². The summed E-state index contributed by atoms with van der Waals surface area (Å²) in [5, 5.41) is 12.3. The number of amides is 1. The number of hydrogen-bond acceptors (Lipinski definition) is 2. The Hall–Kier alpha value is -2.59. The minimum atomic E-state index is -1.08. The minimum absolute atomic E-state index is 0.198. The largest absolute Gasteiger partial charge is 0.480 e. The van der Waals surface area contributed by atoms with E-state index in [-0.39, 0.29) is 6.42 Å². The van der Waals surface area contributed by atoms with Gasteiger partial charge < -0.3 is 10.4 Å². The lowest BCUT2D eigenvalue weighted by atomic mass is 10.1. The zero-order chi connectivity index (χ0) is 16.7. The number of carboxylic acids is 1. The van der Waals surface area contributed by atoms with Crippen molar-refractivity contribution in [1.82, 2.24) is 5.32 Å². The van der Waals surface area contributed by atoms with E-state index in [1.807, 2.05) is 36.4 Å². The van der Waals surface area contributed by atoms with E-state index < -0.39 is 17.9 Å². The lowest BCUT2D eigenvalue weighted by Gasteiger charge is -2.12. The molecule has 2 aromatic carbocycles. The highest BCUT2D eigenvalue weighted by Crippen LogP contribution is 2.10. The molecule has 23 heavy (non-hydrogen) atoms. The van der Waals surface area contributed by atoms with Crippen molar-refractivity contribution >= 4 is 29.6 Å². The minimum Gasteiger partial charge on any atom is -0.480 e. The fourth-order valence-electron chi connectivity index (χ4n) is 1.97. The van der Waals surface area contributed by atoms with Crippen LogP contribution in [0.5, 0.6) is 0 Å². The standard InChI is InChI=1S/C18H16ClNO3/c19-15-11-9-14(10-12-15)17(21)20-16(18(22)23)8-4-7-13-5-2-1-3-6-13/h1-7,9-12,16H,8H2,(H,20,21)(H,22,23)/b7-4+/t16-/m0/s1. The van der Waals surface area contributed by atoms with Crippen LogP contribution < -0.4 is 5.32 Å². The predicted molar refractivity (Wildman–Crippen MR) is 90.4 cm³/mol. The van der Waals surface area contributed by atoms with Crippen LogP contribution >= 0.6 is 11.6 Å². The summed E-state index contributed by atoms with van der Waals surface area (Å²) in [6.45, 7) is 0. The van der Waals surface area contributed by atoms with Gasteiger partial charge in [-0.1, -0.05) is 54.1 Å². The van der Waals surface area contributed by atoms with Crippen LogP contribution in [0.25, 0.3) is 6.08 Å². The van der Waals surface area contributed by atoms with Crippen molar-refractivity contribution in [2.24, 2.45) is 0 Å². The van der Waals surface area contributed by atoms with Gasteiger partial charge in [0.05, 0.1) is 0 Å². The summed E-state index contributed by atoms with van der Waals surface area (Å²) >= 11 is 5.76. The smallest absolute Gasteiger partial charge is 0.326 e. The van der Waals surface area contributed by atoms with Crippen molar-refractivity contribution in [2.45, 2.75) is 12.5 Å². The lowest BCUT2D eigenvalue weighted by Crippen LogP contribution is -2.40. The molecular formula is C18H16ClNO3. The van der Waals surface area contributed by atoms with Crippen molar-refractivity contribution in [3.8, 4) is 0 Å². The van der Waals surface area contributed by atoms with Gasteiger partial charge in [-0.05, 0) is 36.2 Å². The van der Waals surface area contributed by atoms with Crippen LogP contribution in [0.4, 0.5) is 0 Å². The molecule has 0 radical (unpaired) electrons. The van der Waals surface area contributed by atoms with E-state index >= 15 is 0 Å². The third kappa shape index (κ3) is 5.27. The Bertz CT molecular complexity index is 696. The fourth-order valence-corrected chi connectivity index (χ4v) is 2.09. The molecule has 0 bridgehead atoms. The molecule has 5 heteroatoms. The summed E-state index contributed by atoms with van der Waals surface area (Å²) < 4.78 is 0. The van der Waals surface area contributed by atoms with Gasteiger partial charge in [-0.25, -0.2) is 4.79 Å². The molecule has 0 unspecified atom stereocenters. The van der Waals surface area contributed by atoms with E-state index in [0.717, 1.165) is 5.56 Å². The number of carbonyl (C=O) groups excluding carboxylic acids is 1. The van der Waals surface area contributed by atoms with Gasteiger partial charge in [0.2, 0.25) is 0 Å². The summed E-state index contributed by atoms with van der Waals surface area (Å²) in [5.74, 6) is -1.52. The number of carboxylic acid groups (broad SMARTS) is 1. The quantitative estimate of drug-likeness (QED) is 0.850. The average Bonchev–Trinajstić information content (AvgIpc) is 2.55. The van der Waals surface area contributed by atoms with Crippen molar-refractivity contribution in [3.63, 3.8) is 0 Å². The molecule has 0 aliphatic heterocycles. The molecule has 2 N–H and O–H groups in total. The highest BCUT2D eigenvalue weighted by Gasteiger charge is 2.19. The second-order valence-electron chi connectivity index (χ2n) is 4.92. The molecule has 0 aliphatic carbocycles. The topological polar surface area (TPSA) is 66.4 Å². The Morgan fingerprint density at radius 1 is 1.09 bits per heavy atom. The fraction of sp³-hybridized carbons (Fsp3) is 0.111. The molecule has 2 rings (SSSR count). The van der Waals surface area contributed by atoms with Crippen LogP contribution in [0, 0.1) is 0 Å². The average molecular weight is 330 g/mol. The number of halogens is 1. The van der Waals surface area contributed by atoms with E-state index in [9.17, 15) is 14.7 Å². The van der Waals surface area contributed by atoms with Gasteiger partial charge in [0.1, 0.15) is 6.04 Å². The molecule has 0 spiro atoms. The summed E-state index contributed by atoms with van der Waals surface area (Å²) in [6, 6.07) is 14.8. The van der Waals surface area contributed by atoms with Crippen molar-refractivity contribution in [3.05, 3.63) is 76.8 Å². The van der Waals surface area contributed by atoms with E-state index in [2.05, 4.69) is 5.32 Å². The maximum atomic E-state index is 12.1. The van der Waals surface area contributed by atoms with Crippen molar-refractivity contribution < 1.29 is 14.7 Å². The third-order valence-corrected chi connectivity index (χ3v) is 3.44. The molecule has 1 atom stereocenters. The molecule has 4 nitrogen and oxygen atoms in total. The summed E-state index contributed by atoms with van der Waals surface area (Å²) in [7, 11) is 0. The molecule has 0 saturated carbocycles. The lowest BCUT2D eigenvalue weighted by molar-refractivity contribution is -0.139. The van der Waals surface area contributed by atoms with Gasteiger partial charge in [-0.2, -0.15) is 0 Å². The van der Waals surface area contributed by atoms with Gasteiger partial charge in [-0.15, -0.1) is 0 Å². The first-order chi connectivity index (χ1) is 11.1. The number of rotatable bonds is 6. The molecule has 2 aromatic rings. The Labute approximate surface area is 139 Å². The summed E-state index contributed by atoms with van der Waals surface area (Å²) in [5.41, 5.74) is 1.34. The second kappa shape index (κ2) is 8.15. The van der Waals surface area contributed by atoms with Crippen molar-refractivity contribution in [1.29, 1.82) is 0 Å². The first-order valence-electron chi connectivity index (χ1n) is 7.07. The highest BCUT2D eigenvalue weighted by atomic mass is 35.5. The molecule has 1 amide bonds. The van der Waals surface area contributed by atoms with Gasteiger partial charge >= 0.3 is 5.97 Å². The number of carbonyl (C=O) groups is 2. The number of hydrogen-bond donors (Lipinski definition) is 2. The number of nitrogens with one attached hydrogen (secondary N) is 1. The first kappa shape index (κ1) is 16.8. The van der Waals surface area contributed by atoms with Gasteiger partial charge in [0.15, 0.2) is 0 Å². The highest BCUT2D eigenvalue weighted by molar-refractivity contribution is 6.30. The predicted octanol–water partition coefficient (Wildman–Crippen LogP) is 3.63. The van der Waals surface area contributed by atoms with Crippen LogP contribution in [0.2, 0.25) is 5.02 Å². The monoisotopic (exact) mass is 329 g/mol. The zero-order valence-corrected chi connectivity index (χ0v) is 13.0. The maximum Gasteiger partial charge on any atom is 0.326 e. The van der Waals surface area contributed by atoms with Crippen LogP contribution in [0.15, 0.2) is 60.7 Å². The van der Waals surface area contributed by atoms with E-state index in [1.54, 1.807) is 30.3 Å². The van der Waals surface area contributed by atoms with Crippen LogP contribution in [-0.4, -0.2) is 23.0 Å². The molecule has 118 valence electrons. The van der Waals surface area contributed by atoms with Crippen LogP contribution in [0.3, 0.4) is 0 Å². The van der Waals surface area contributed by atoms with E-state index in [4.69, 9.17) is 11.6 Å². The Morgan fingerprint density at radius 3 is 2.35 bits per heavy atom. The maximum absolute atomic E-state index is 12.1. The Morgan fingerprint density at radius 2 is 1.74 bits per heavy atom. The Kier molecular flexibility index (Phi) is 5.94. The van der Waals surface area contributed by atoms with Gasteiger partial charge in [0, 0.05) is 10.6 Å². The van der Waals surface area contributed by atoms with Crippen LogP contribution in [0.1, 0.15) is 22.3 Å². The first-order valence-corrected chi connectivity index (χ1v) is 7.45. The summed E-state index contributed by atoms with van der Waals surface area (Å²) in [6.07, 6.45) is 3.75. The van der Waals surface area contributed by atoms with E-state index in [0.29, 0.717) is 10.6 Å². The third-order valence-electron chi connectivity index (χ3n) is 3.19.